The van der Waals surface area contributed by atoms with Crippen molar-refractivity contribution in [3.63, 3.8) is 0 Å². The Morgan fingerprint density at radius 3 is 1.57 bits per heavy atom. The molecule has 51 heavy (non-hydrogen) atoms. The molecule has 0 unspecified atom stereocenters. The van der Waals surface area contributed by atoms with Crippen molar-refractivity contribution in [3.8, 4) is 45.3 Å². The third kappa shape index (κ3) is 13.9. The van der Waals surface area contributed by atoms with Gasteiger partial charge in [-0.15, -0.1) is 0 Å². The molecule has 0 fully saturated rings. The smallest absolute Gasteiger partial charge is 1.00 e. The molecule has 0 spiro atoms. The molecule has 0 amide bonds. The van der Waals surface area contributed by atoms with Gasteiger partial charge < -0.3 is 40.5 Å². The first-order chi connectivity index (χ1) is 23.7. The quantitative estimate of drug-likeness (QED) is 0.0501. The number of alkyl halides is 3. The van der Waals surface area contributed by atoms with Gasteiger partial charge in [-0.3, -0.25) is 9.18 Å². The summed E-state index contributed by atoms with van der Waals surface area (Å²) in [5.41, 5.74) is 1.84. The number of benzene rings is 4. The molecule has 258 valence electrons. The van der Waals surface area contributed by atoms with Crippen LogP contribution < -0.4 is 159 Å². The fourth-order valence-corrected chi connectivity index (χ4v) is 4.37. The Morgan fingerprint density at radius 1 is 0.725 bits per heavy atom. The molecule has 6 rings (SSSR count). The van der Waals surface area contributed by atoms with E-state index in [0.717, 1.165) is 11.1 Å². The molecule has 16 heteroatoms. The second-order valence-electron chi connectivity index (χ2n) is 9.40. The largest absolute Gasteiger partial charge is 1.00 e. The fraction of sp³-hybridized carbons (Fsp3) is 0.114. The molecule has 3 N–H and O–H groups in total. The zero-order chi connectivity index (χ0) is 35.8. The molecule has 0 atom stereocenters. The van der Waals surface area contributed by atoms with E-state index in [1.54, 1.807) is 12.1 Å². The summed E-state index contributed by atoms with van der Waals surface area (Å²) in [5, 5.41) is 39.5. The average molecular weight is 1010 g/mol. The van der Waals surface area contributed by atoms with Crippen molar-refractivity contribution in [1.82, 2.24) is 0 Å². The first kappa shape index (κ1) is 47.4. The van der Waals surface area contributed by atoms with Crippen molar-refractivity contribution in [2.75, 3.05) is 25.3 Å². The first-order valence-corrected chi connectivity index (χ1v) is 15.2. The summed E-state index contributed by atoms with van der Waals surface area (Å²) < 4.78 is 38.0. The van der Waals surface area contributed by atoms with E-state index in [2.05, 4.69) is 20.8 Å². The number of fused-ring (bicyclic) bond motifs is 2. The van der Waals surface area contributed by atoms with E-state index in [9.17, 15) is 33.7 Å². The van der Waals surface area contributed by atoms with Crippen LogP contribution in [0.1, 0.15) is 1.43 Å². The maximum Gasteiger partial charge on any atom is 1.00 e. The van der Waals surface area contributed by atoms with Crippen LogP contribution in [0.25, 0.3) is 44.2 Å². The van der Waals surface area contributed by atoms with Gasteiger partial charge in [0.2, 0.25) is 11.5 Å². The number of aromatic hydroxyl groups is 3. The molecular formula is C35H29BrCs2F2O11. The van der Waals surface area contributed by atoms with Crippen molar-refractivity contribution < 1.29 is 192 Å². The number of hydrogen-bond acceptors (Lipinski definition) is 11. The van der Waals surface area contributed by atoms with E-state index in [0.29, 0.717) is 27.2 Å². The van der Waals surface area contributed by atoms with Gasteiger partial charge in [0.1, 0.15) is 13.3 Å². The minimum atomic E-state index is -0.675. The minimum Gasteiger partial charge on any atom is -1.00 e. The van der Waals surface area contributed by atoms with E-state index < -0.39 is 23.7 Å². The number of carbonyl (C=O) groups excluding carboxylic acids is 1. The van der Waals surface area contributed by atoms with E-state index in [4.69, 9.17) is 23.6 Å². The summed E-state index contributed by atoms with van der Waals surface area (Å²) in [4.78, 5) is 34.6. The topological polar surface area (TPSA) is 180 Å². The Labute approximate surface area is 417 Å². The van der Waals surface area contributed by atoms with Gasteiger partial charge in [-0.1, -0.05) is 76.6 Å². The maximum absolute atomic E-state index is 12.2. The number of phenols is 3. The van der Waals surface area contributed by atoms with Crippen molar-refractivity contribution in [2.45, 2.75) is 0 Å². The molecule has 2 aromatic heterocycles. The number of carbonyl (C=O) groups is 1. The molecule has 11 nitrogen and oxygen atoms in total. The predicted octanol–water partition coefficient (Wildman–Crippen LogP) is 0.291. The van der Waals surface area contributed by atoms with Crippen LogP contribution in [-0.2, 0) is 9.68 Å². The van der Waals surface area contributed by atoms with Crippen LogP contribution in [-0.4, -0.2) is 47.1 Å². The standard InChI is InChI=1S/C17H13FO4.C15H10O4.C2H4BrF.CH2O3.2Cs.H/c18-8-9-21-14-7-6-12-13(11-4-2-1-3-5-11)10-15(19)22-17(12)16(14)20;16-12-7-6-10-11(9-4-2-1-3-5-9)8-13(17)19-15(10)14(12)18;3-1-2-4;2-1-4-3;;;/h1-7,10,20H,8-9H2;1-8,16,18H;1-2H2;1,3H;;;/q;;;;2*+1;-1/p-1. The molecule has 0 aliphatic heterocycles. The van der Waals surface area contributed by atoms with Gasteiger partial charge in [0.25, 0.3) is 6.47 Å². The number of phenolic OH excluding ortho intramolecular Hbond substituents is 3. The van der Waals surface area contributed by atoms with Crippen LogP contribution in [0.2, 0.25) is 0 Å². The Balaban J connectivity index is 0.000000796. The number of halogens is 3. The molecular weight excluding hydrogens is 980 g/mol. The fourth-order valence-electron chi connectivity index (χ4n) is 4.37. The summed E-state index contributed by atoms with van der Waals surface area (Å²) >= 11 is 2.87. The molecule has 2 heterocycles. The molecule has 0 saturated carbocycles. The van der Waals surface area contributed by atoms with Gasteiger partial charge in [0.05, 0.1) is 6.67 Å². The van der Waals surface area contributed by atoms with Gasteiger partial charge >= 0.3 is 149 Å². The second kappa shape index (κ2) is 25.4. The SMILES string of the molecule is FCCBr.O=CO[O-].O=c1cc(-c2ccccc2)c2ccc(O)c(O)c2o1.O=c1cc(-c2ccccc2)c2ccc(OCCF)c(O)c2o1.[Cs+].[Cs+].[H-]. The summed E-state index contributed by atoms with van der Waals surface area (Å²) in [5.74, 6) is -0.965. The van der Waals surface area contributed by atoms with E-state index >= 15 is 0 Å². The van der Waals surface area contributed by atoms with Gasteiger partial charge in [0.15, 0.2) is 22.7 Å². The van der Waals surface area contributed by atoms with Crippen LogP contribution in [0, 0.1) is 0 Å². The van der Waals surface area contributed by atoms with Crippen molar-refractivity contribution in [1.29, 1.82) is 0 Å². The first-order valence-electron chi connectivity index (χ1n) is 14.1. The van der Waals surface area contributed by atoms with Crippen molar-refractivity contribution >= 4 is 44.3 Å². The molecule has 4 aromatic carbocycles. The van der Waals surface area contributed by atoms with Crippen LogP contribution in [0.4, 0.5) is 8.78 Å². The molecule has 0 saturated heterocycles. The Kier molecular flexibility index (Phi) is 23.6. The average Bonchev–Trinajstić information content (AvgIpc) is 3.14. The van der Waals surface area contributed by atoms with Crippen LogP contribution in [0.15, 0.2) is 115 Å². The van der Waals surface area contributed by atoms with Gasteiger partial charge in [-0.05, 0) is 46.5 Å². The van der Waals surface area contributed by atoms with Crippen molar-refractivity contribution in [2.24, 2.45) is 0 Å². The Bertz CT molecular complexity index is 2090. The molecule has 0 aliphatic carbocycles. The zero-order valence-electron chi connectivity index (χ0n) is 28.4. The molecule has 0 bridgehead atoms. The van der Waals surface area contributed by atoms with Crippen LogP contribution in [0.3, 0.4) is 0 Å². The monoisotopic (exact) mass is 1010 g/mol. The van der Waals surface area contributed by atoms with E-state index in [1.807, 2.05) is 60.7 Å². The summed E-state index contributed by atoms with van der Waals surface area (Å²) in [6.07, 6.45) is 0. The maximum atomic E-state index is 12.2. The third-order valence-electron chi connectivity index (χ3n) is 6.33. The minimum absolute atomic E-state index is 0. The summed E-state index contributed by atoms with van der Waals surface area (Å²) in [6.45, 7) is -1.30. The van der Waals surface area contributed by atoms with E-state index in [1.165, 1.54) is 24.3 Å². The van der Waals surface area contributed by atoms with Crippen LogP contribution >= 0.6 is 15.9 Å². The van der Waals surface area contributed by atoms with E-state index in [-0.39, 0.29) is 187 Å². The number of rotatable bonds is 7. The van der Waals surface area contributed by atoms with Gasteiger partial charge in [-0.25, -0.2) is 14.0 Å². The summed E-state index contributed by atoms with van der Waals surface area (Å²) in [7, 11) is 0. The zero-order valence-corrected chi connectivity index (χ0v) is 41.5. The number of hydrogen-bond donors (Lipinski definition) is 3. The summed E-state index contributed by atoms with van der Waals surface area (Å²) in [6, 6.07) is 27.5. The second-order valence-corrected chi connectivity index (χ2v) is 10.2. The number of ether oxygens (including phenoxy) is 1. The van der Waals surface area contributed by atoms with Crippen molar-refractivity contribution in [3.05, 3.63) is 118 Å². The Morgan fingerprint density at radius 2 is 1.16 bits per heavy atom. The Hall–Kier alpha value is -1.63. The third-order valence-corrected chi connectivity index (χ3v) is 6.63. The van der Waals surface area contributed by atoms with Gasteiger partial charge in [-0.2, -0.15) is 0 Å². The molecule has 6 aromatic rings. The molecule has 0 aliphatic rings. The van der Waals surface area contributed by atoms with Crippen LogP contribution in [0.5, 0.6) is 23.0 Å². The van der Waals surface area contributed by atoms with Gasteiger partial charge in [0, 0.05) is 28.2 Å². The predicted molar refractivity (Wildman–Crippen MR) is 180 cm³/mol. The molecule has 0 radical (unpaired) electrons. The normalized spacial score (nSPS) is 9.65.